The van der Waals surface area contributed by atoms with Gasteiger partial charge in [-0.05, 0) is 43.2 Å². The van der Waals surface area contributed by atoms with Crippen LogP contribution in [0.4, 0.5) is 5.13 Å². The Morgan fingerprint density at radius 1 is 1.22 bits per heavy atom. The fourth-order valence-corrected chi connectivity index (χ4v) is 5.55. The summed E-state index contributed by atoms with van der Waals surface area (Å²) in [6.45, 7) is 1.79. The van der Waals surface area contributed by atoms with Crippen LogP contribution in [0.5, 0.6) is 0 Å². The van der Waals surface area contributed by atoms with Crippen LogP contribution in [0.25, 0.3) is 27.5 Å². The van der Waals surface area contributed by atoms with E-state index >= 15 is 0 Å². The molecule has 0 atom stereocenters. The number of rotatable bonds is 6. The number of hydrogen-bond acceptors (Lipinski definition) is 7. The van der Waals surface area contributed by atoms with Gasteiger partial charge in [-0.25, -0.2) is 9.67 Å². The van der Waals surface area contributed by atoms with Crippen molar-refractivity contribution in [2.24, 2.45) is 0 Å². The number of nitrogens with one attached hydrogen (secondary N) is 1. The molecule has 1 aliphatic rings. The lowest BCUT2D eigenvalue weighted by Crippen LogP contribution is -2.22. The molecule has 4 aromatic rings. The normalized spacial score (nSPS) is 12.1. The van der Waals surface area contributed by atoms with Crippen molar-refractivity contribution in [1.29, 1.82) is 0 Å². The summed E-state index contributed by atoms with van der Waals surface area (Å²) in [7, 11) is 5.09. The summed E-state index contributed by atoms with van der Waals surface area (Å²) in [5.74, 6) is -0.239. The van der Waals surface area contributed by atoms with Crippen LogP contribution in [0, 0.1) is 0 Å². The van der Waals surface area contributed by atoms with E-state index in [1.54, 1.807) is 32.3 Å². The van der Waals surface area contributed by atoms with Crippen molar-refractivity contribution >= 4 is 28.3 Å². The zero-order valence-corrected chi connectivity index (χ0v) is 21.3. The first-order valence-corrected chi connectivity index (χ1v) is 12.3. The van der Waals surface area contributed by atoms with Gasteiger partial charge in [-0.2, -0.15) is 5.10 Å². The number of carbonyl (C=O) groups excluding carboxylic acids is 2. The molecule has 0 aliphatic heterocycles. The Hall–Kier alpha value is -3.89. The van der Waals surface area contributed by atoms with Crippen molar-refractivity contribution in [1.82, 2.24) is 24.6 Å². The van der Waals surface area contributed by atoms with Crippen LogP contribution in [-0.2, 0) is 29.0 Å². The van der Waals surface area contributed by atoms with Gasteiger partial charge in [-0.1, -0.05) is 11.3 Å². The predicted octanol–water partition coefficient (Wildman–Crippen LogP) is 3.96. The van der Waals surface area contributed by atoms with E-state index in [1.807, 2.05) is 41.2 Å². The highest BCUT2D eigenvalue weighted by Crippen LogP contribution is 2.44. The Bertz CT molecular complexity index is 1460. The van der Waals surface area contributed by atoms with E-state index in [2.05, 4.69) is 15.3 Å². The van der Waals surface area contributed by atoms with Crippen LogP contribution < -0.4 is 5.32 Å². The molecule has 0 fully saturated rings. The highest BCUT2D eigenvalue weighted by molar-refractivity contribution is 7.19. The molecule has 3 heterocycles. The van der Waals surface area contributed by atoms with Crippen LogP contribution in [-0.4, -0.2) is 57.7 Å². The van der Waals surface area contributed by atoms with Gasteiger partial charge in [0.25, 0.3) is 5.91 Å². The molecule has 5 rings (SSSR count). The molecule has 1 aliphatic carbocycles. The van der Waals surface area contributed by atoms with Crippen LogP contribution in [0.15, 0.2) is 42.7 Å². The number of amides is 2. The summed E-state index contributed by atoms with van der Waals surface area (Å²) < 4.78 is 7.43. The topological polar surface area (TPSA) is 102 Å². The number of carbonyl (C=O) groups is 2. The lowest BCUT2D eigenvalue weighted by Gasteiger charge is -2.17. The Morgan fingerprint density at radius 2 is 2.06 bits per heavy atom. The Morgan fingerprint density at radius 3 is 2.75 bits per heavy atom. The van der Waals surface area contributed by atoms with Crippen LogP contribution >= 0.6 is 11.3 Å². The molecular weight excluding hydrogens is 476 g/mol. The first-order valence-electron chi connectivity index (χ1n) is 11.5. The second kappa shape index (κ2) is 9.63. The fourth-order valence-electron chi connectivity index (χ4n) is 4.44. The molecule has 36 heavy (non-hydrogen) atoms. The Labute approximate surface area is 212 Å². The van der Waals surface area contributed by atoms with Crippen LogP contribution in [0.3, 0.4) is 0 Å². The molecule has 0 radical (unpaired) electrons. The maximum absolute atomic E-state index is 12.6. The molecule has 0 unspecified atom stereocenters. The number of pyridine rings is 1. The molecule has 0 saturated carbocycles. The van der Waals surface area contributed by atoms with Gasteiger partial charge in [0.15, 0.2) is 5.13 Å². The number of thiazole rings is 1. The van der Waals surface area contributed by atoms with E-state index in [-0.39, 0.29) is 11.8 Å². The average Bonchev–Trinajstić information content (AvgIpc) is 3.44. The number of nitrogens with zero attached hydrogens (tertiary/aromatic N) is 5. The smallest absolute Gasteiger partial charge is 0.253 e. The van der Waals surface area contributed by atoms with Gasteiger partial charge >= 0.3 is 0 Å². The van der Waals surface area contributed by atoms with Gasteiger partial charge in [-0.15, -0.1) is 0 Å². The van der Waals surface area contributed by atoms with E-state index in [4.69, 9.17) is 9.84 Å². The van der Waals surface area contributed by atoms with Crippen molar-refractivity contribution in [3.8, 4) is 27.5 Å². The van der Waals surface area contributed by atoms with Gasteiger partial charge in [0.05, 0.1) is 34.3 Å². The summed E-state index contributed by atoms with van der Waals surface area (Å²) in [5, 5.41) is 8.46. The number of aromatic nitrogens is 4. The zero-order valence-electron chi connectivity index (χ0n) is 20.5. The summed E-state index contributed by atoms with van der Waals surface area (Å²) >= 11 is 1.44. The molecule has 10 heteroatoms. The standard InChI is InChI=1S/C26H26N6O3S/c1-15(33)28-26-29-20-9-8-19-22(17-6-5-11-27-13-17)30-32(23(19)24(20)36-26)21-10-7-16(25(34)31(2)3)12-18(21)14-35-4/h5-7,10-13H,8-9,14H2,1-4H3,(H,28,29,33). The molecule has 0 saturated heterocycles. The average molecular weight is 503 g/mol. The van der Waals surface area contributed by atoms with Gasteiger partial charge in [0.1, 0.15) is 0 Å². The molecule has 1 aromatic carbocycles. The maximum Gasteiger partial charge on any atom is 0.253 e. The van der Waals surface area contributed by atoms with E-state index in [9.17, 15) is 9.59 Å². The summed E-state index contributed by atoms with van der Waals surface area (Å²) in [4.78, 5) is 35.8. The molecule has 184 valence electrons. The summed E-state index contributed by atoms with van der Waals surface area (Å²) in [5.41, 5.74) is 7.00. The van der Waals surface area contributed by atoms with Crippen molar-refractivity contribution in [2.75, 3.05) is 26.5 Å². The van der Waals surface area contributed by atoms with Crippen LogP contribution in [0.1, 0.15) is 34.1 Å². The number of aryl methyl sites for hydroxylation is 1. The van der Waals surface area contributed by atoms with E-state index in [1.165, 1.54) is 18.3 Å². The molecule has 9 nitrogen and oxygen atoms in total. The quantitative estimate of drug-likeness (QED) is 0.428. The third-order valence-electron chi connectivity index (χ3n) is 5.99. The number of ether oxygens (including phenoxy) is 1. The van der Waals surface area contributed by atoms with Gasteiger partial charge in [-0.3, -0.25) is 14.6 Å². The molecule has 2 amide bonds. The molecule has 1 N–H and O–H groups in total. The Balaban J connectivity index is 1.74. The third-order valence-corrected chi connectivity index (χ3v) is 7.01. The Kier molecular flexibility index (Phi) is 6.38. The van der Waals surface area contributed by atoms with Crippen LogP contribution in [0.2, 0.25) is 0 Å². The highest BCUT2D eigenvalue weighted by atomic mass is 32.1. The molecule has 0 bridgehead atoms. The minimum absolute atomic E-state index is 0.0814. The fraction of sp³-hybridized carbons (Fsp3) is 0.269. The van der Waals surface area contributed by atoms with Gasteiger partial charge in [0.2, 0.25) is 5.91 Å². The second-order valence-corrected chi connectivity index (χ2v) is 9.78. The second-order valence-electron chi connectivity index (χ2n) is 8.78. The minimum Gasteiger partial charge on any atom is -0.380 e. The number of hydrogen-bond donors (Lipinski definition) is 1. The van der Waals surface area contributed by atoms with E-state index in [0.717, 1.165) is 57.2 Å². The highest BCUT2D eigenvalue weighted by Gasteiger charge is 2.30. The van der Waals surface area contributed by atoms with E-state index in [0.29, 0.717) is 17.3 Å². The number of anilines is 1. The number of benzene rings is 1. The molecular formula is C26H26N6O3S. The SMILES string of the molecule is COCc1cc(C(=O)N(C)C)ccc1-n1nc(-c2cccnc2)c2c1-c1sc(NC(C)=O)nc1CC2. The number of fused-ring (bicyclic) bond motifs is 3. The van der Waals surface area contributed by atoms with Gasteiger partial charge < -0.3 is 15.0 Å². The maximum atomic E-state index is 12.6. The van der Waals surface area contributed by atoms with Gasteiger partial charge in [0, 0.05) is 62.8 Å². The first-order chi connectivity index (χ1) is 17.4. The lowest BCUT2D eigenvalue weighted by atomic mass is 9.95. The lowest BCUT2D eigenvalue weighted by molar-refractivity contribution is -0.114. The summed E-state index contributed by atoms with van der Waals surface area (Å²) in [6, 6.07) is 9.48. The monoisotopic (exact) mass is 502 g/mol. The van der Waals surface area contributed by atoms with E-state index < -0.39 is 0 Å². The largest absolute Gasteiger partial charge is 0.380 e. The zero-order chi connectivity index (χ0) is 25.4. The van der Waals surface area contributed by atoms with Crippen molar-refractivity contribution < 1.29 is 14.3 Å². The van der Waals surface area contributed by atoms with Crippen molar-refractivity contribution in [3.63, 3.8) is 0 Å². The molecule has 0 spiro atoms. The minimum atomic E-state index is -0.158. The summed E-state index contributed by atoms with van der Waals surface area (Å²) in [6.07, 6.45) is 5.06. The number of methoxy groups -OCH3 is 1. The predicted molar refractivity (Wildman–Crippen MR) is 138 cm³/mol. The first kappa shape index (κ1) is 23.8. The van der Waals surface area contributed by atoms with Crippen molar-refractivity contribution in [3.05, 3.63) is 65.1 Å². The molecule has 3 aromatic heterocycles. The third kappa shape index (κ3) is 4.29. The van der Waals surface area contributed by atoms with Crippen molar-refractivity contribution in [2.45, 2.75) is 26.4 Å².